The molecule has 4 rings (SSSR count). The number of halogens is 1. The van der Waals surface area contributed by atoms with Crippen LogP contribution in [0.4, 0.5) is 5.82 Å². The van der Waals surface area contributed by atoms with Crippen LogP contribution in [0.15, 0.2) is 46.0 Å². The normalized spacial score (nSPS) is 17.9. The van der Waals surface area contributed by atoms with Gasteiger partial charge >= 0.3 is 0 Å². The third-order valence-corrected chi connectivity index (χ3v) is 6.95. The SMILES string of the molecule is Cc1nnc2c(N3CC[C@H](NS(=O)(=O)c4ccccc4Br)C3)nccn12. The van der Waals surface area contributed by atoms with Gasteiger partial charge in [-0.1, -0.05) is 12.1 Å². The summed E-state index contributed by atoms with van der Waals surface area (Å²) in [6.45, 7) is 3.10. The molecule has 0 spiro atoms. The highest BCUT2D eigenvalue weighted by Crippen LogP contribution is 2.25. The van der Waals surface area contributed by atoms with Gasteiger partial charge in [0.25, 0.3) is 0 Å². The molecule has 3 heterocycles. The smallest absolute Gasteiger partial charge is 0.242 e. The number of nitrogens with zero attached hydrogens (tertiary/aromatic N) is 5. The molecule has 1 aliphatic heterocycles. The third-order valence-electron chi connectivity index (χ3n) is 4.41. The van der Waals surface area contributed by atoms with E-state index in [4.69, 9.17) is 0 Å². The van der Waals surface area contributed by atoms with Gasteiger partial charge in [0.1, 0.15) is 5.82 Å². The van der Waals surface area contributed by atoms with E-state index in [2.05, 4.69) is 35.8 Å². The number of aromatic nitrogens is 4. The predicted octanol–water partition coefficient (Wildman–Crippen LogP) is 1.75. The van der Waals surface area contributed by atoms with Gasteiger partial charge < -0.3 is 4.90 Å². The van der Waals surface area contributed by atoms with Gasteiger partial charge in [0, 0.05) is 36.0 Å². The van der Waals surface area contributed by atoms with E-state index in [1.54, 1.807) is 30.5 Å². The van der Waals surface area contributed by atoms with Crippen LogP contribution in [0.3, 0.4) is 0 Å². The van der Waals surface area contributed by atoms with E-state index in [1.807, 2.05) is 22.4 Å². The minimum absolute atomic E-state index is 0.196. The Morgan fingerprint density at radius 2 is 2.08 bits per heavy atom. The minimum Gasteiger partial charge on any atom is -0.352 e. The zero-order valence-electron chi connectivity index (χ0n) is 14.0. The highest BCUT2D eigenvalue weighted by molar-refractivity contribution is 9.10. The van der Waals surface area contributed by atoms with Crippen LogP contribution in [-0.4, -0.2) is 47.1 Å². The summed E-state index contributed by atoms with van der Waals surface area (Å²) in [6.07, 6.45) is 4.22. The fraction of sp³-hybridized carbons (Fsp3) is 0.312. The predicted molar refractivity (Wildman–Crippen MR) is 101 cm³/mol. The molecule has 0 bridgehead atoms. The van der Waals surface area contributed by atoms with Crippen LogP contribution < -0.4 is 9.62 Å². The average molecular weight is 437 g/mol. The number of anilines is 1. The molecule has 136 valence electrons. The molecule has 26 heavy (non-hydrogen) atoms. The van der Waals surface area contributed by atoms with Crippen molar-refractivity contribution in [3.05, 3.63) is 47.0 Å². The molecule has 1 atom stereocenters. The summed E-state index contributed by atoms with van der Waals surface area (Å²) in [4.78, 5) is 6.70. The highest BCUT2D eigenvalue weighted by atomic mass is 79.9. The van der Waals surface area contributed by atoms with Gasteiger partial charge in [0.2, 0.25) is 15.7 Å². The number of aryl methyl sites for hydroxylation is 1. The Hall–Kier alpha value is -2.04. The van der Waals surface area contributed by atoms with Crippen molar-refractivity contribution in [2.24, 2.45) is 0 Å². The number of nitrogens with one attached hydrogen (secondary N) is 1. The second-order valence-corrected chi connectivity index (χ2v) is 8.71. The molecule has 0 saturated carbocycles. The Bertz CT molecular complexity index is 1070. The first kappa shape index (κ1) is 17.4. The van der Waals surface area contributed by atoms with Crippen molar-refractivity contribution in [3.63, 3.8) is 0 Å². The summed E-state index contributed by atoms with van der Waals surface area (Å²) in [5.41, 5.74) is 0.680. The van der Waals surface area contributed by atoms with E-state index < -0.39 is 10.0 Å². The number of sulfonamides is 1. The molecule has 2 aromatic heterocycles. The summed E-state index contributed by atoms with van der Waals surface area (Å²) in [6, 6.07) is 6.60. The number of benzene rings is 1. The van der Waals surface area contributed by atoms with E-state index in [-0.39, 0.29) is 10.9 Å². The summed E-state index contributed by atoms with van der Waals surface area (Å²) in [7, 11) is -3.60. The first-order valence-corrected chi connectivity index (χ1v) is 10.4. The van der Waals surface area contributed by atoms with E-state index >= 15 is 0 Å². The highest BCUT2D eigenvalue weighted by Gasteiger charge is 2.30. The Morgan fingerprint density at radius 3 is 2.88 bits per heavy atom. The topological polar surface area (TPSA) is 92.5 Å². The van der Waals surface area contributed by atoms with Crippen molar-refractivity contribution in [3.8, 4) is 0 Å². The molecule has 0 unspecified atom stereocenters. The summed E-state index contributed by atoms with van der Waals surface area (Å²) < 4.78 is 30.6. The molecule has 8 nitrogen and oxygen atoms in total. The Balaban J connectivity index is 1.55. The van der Waals surface area contributed by atoms with Gasteiger partial charge in [-0.25, -0.2) is 18.1 Å². The number of fused-ring (bicyclic) bond motifs is 1. The Labute approximate surface area is 159 Å². The van der Waals surface area contributed by atoms with Crippen molar-refractivity contribution in [1.29, 1.82) is 0 Å². The fourth-order valence-corrected chi connectivity index (χ4v) is 5.41. The molecule has 0 aliphatic carbocycles. The van der Waals surface area contributed by atoms with Crippen LogP contribution in [0.25, 0.3) is 5.65 Å². The van der Waals surface area contributed by atoms with E-state index in [0.717, 1.165) is 11.6 Å². The minimum atomic E-state index is -3.60. The maximum absolute atomic E-state index is 12.7. The van der Waals surface area contributed by atoms with Crippen LogP contribution in [0.1, 0.15) is 12.2 Å². The number of hydrogen-bond donors (Lipinski definition) is 1. The van der Waals surface area contributed by atoms with Gasteiger partial charge in [-0.3, -0.25) is 4.40 Å². The Morgan fingerprint density at radius 1 is 1.27 bits per heavy atom. The summed E-state index contributed by atoms with van der Waals surface area (Å²) >= 11 is 3.30. The zero-order chi connectivity index (χ0) is 18.3. The van der Waals surface area contributed by atoms with E-state index in [1.165, 1.54) is 0 Å². The van der Waals surface area contributed by atoms with Crippen LogP contribution >= 0.6 is 15.9 Å². The molecule has 0 radical (unpaired) electrons. The molecule has 1 aromatic carbocycles. The lowest BCUT2D eigenvalue weighted by Gasteiger charge is -2.18. The maximum Gasteiger partial charge on any atom is 0.242 e. The molecule has 10 heteroatoms. The largest absolute Gasteiger partial charge is 0.352 e. The van der Waals surface area contributed by atoms with Gasteiger partial charge in [0.15, 0.2) is 5.82 Å². The molecular formula is C16H17BrN6O2S. The van der Waals surface area contributed by atoms with Crippen LogP contribution in [0.2, 0.25) is 0 Å². The molecular weight excluding hydrogens is 420 g/mol. The monoisotopic (exact) mass is 436 g/mol. The zero-order valence-corrected chi connectivity index (χ0v) is 16.4. The fourth-order valence-electron chi connectivity index (χ4n) is 3.15. The standard InChI is InChI=1S/C16H17BrN6O2S/c1-11-19-20-16-15(18-7-9-23(11)16)22-8-6-12(10-22)21-26(24,25)14-5-3-2-4-13(14)17/h2-5,7,9,12,21H,6,8,10H2,1H3/t12-/m0/s1. The average Bonchev–Trinajstić information content (AvgIpc) is 3.22. The van der Waals surface area contributed by atoms with Crippen molar-refractivity contribution in [2.45, 2.75) is 24.3 Å². The second-order valence-electron chi connectivity index (χ2n) is 6.17. The van der Waals surface area contributed by atoms with E-state index in [0.29, 0.717) is 29.6 Å². The summed E-state index contributed by atoms with van der Waals surface area (Å²) in [5.74, 6) is 1.50. The molecule has 0 amide bonds. The lowest BCUT2D eigenvalue weighted by atomic mass is 10.3. The van der Waals surface area contributed by atoms with Crippen molar-refractivity contribution in [2.75, 3.05) is 18.0 Å². The van der Waals surface area contributed by atoms with Crippen LogP contribution in [0.5, 0.6) is 0 Å². The number of rotatable bonds is 4. The molecule has 1 aliphatic rings. The quantitative estimate of drug-likeness (QED) is 0.669. The number of hydrogen-bond acceptors (Lipinski definition) is 6. The third kappa shape index (κ3) is 3.08. The van der Waals surface area contributed by atoms with Crippen LogP contribution in [0, 0.1) is 6.92 Å². The molecule has 3 aromatic rings. The molecule has 1 fully saturated rings. The molecule has 1 saturated heterocycles. The lowest BCUT2D eigenvalue weighted by Crippen LogP contribution is -2.37. The van der Waals surface area contributed by atoms with Gasteiger partial charge in [-0.2, -0.15) is 0 Å². The van der Waals surface area contributed by atoms with Crippen LogP contribution in [-0.2, 0) is 10.0 Å². The van der Waals surface area contributed by atoms with Crippen molar-refractivity contribution in [1.82, 2.24) is 24.3 Å². The Kier molecular flexibility index (Phi) is 4.41. The van der Waals surface area contributed by atoms with Gasteiger partial charge in [-0.15, -0.1) is 10.2 Å². The lowest BCUT2D eigenvalue weighted by molar-refractivity contribution is 0.561. The van der Waals surface area contributed by atoms with Crippen molar-refractivity contribution >= 4 is 37.4 Å². The first-order valence-electron chi connectivity index (χ1n) is 8.14. The van der Waals surface area contributed by atoms with Crippen molar-refractivity contribution < 1.29 is 8.42 Å². The van der Waals surface area contributed by atoms with E-state index in [9.17, 15) is 8.42 Å². The first-order chi connectivity index (χ1) is 12.5. The summed E-state index contributed by atoms with van der Waals surface area (Å²) in [5, 5.41) is 8.27. The van der Waals surface area contributed by atoms with Gasteiger partial charge in [-0.05, 0) is 41.4 Å². The maximum atomic E-state index is 12.7. The second kappa shape index (κ2) is 6.60. The van der Waals surface area contributed by atoms with Gasteiger partial charge in [0.05, 0.1) is 4.90 Å². The molecule has 1 N–H and O–H groups in total.